The molecule has 0 spiro atoms. The Morgan fingerprint density at radius 2 is 1.91 bits per heavy atom. The summed E-state index contributed by atoms with van der Waals surface area (Å²) in [6, 6.07) is 9.79. The molecule has 2 fully saturated rings. The molecule has 10 heteroatoms. The number of amides is 2. The van der Waals surface area contributed by atoms with Crippen molar-refractivity contribution in [3.05, 3.63) is 47.3 Å². The molecule has 0 atom stereocenters. The van der Waals surface area contributed by atoms with E-state index in [9.17, 15) is 4.79 Å². The van der Waals surface area contributed by atoms with Crippen molar-refractivity contribution in [2.24, 2.45) is 0 Å². The van der Waals surface area contributed by atoms with Crippen molar-refractivity contribution < 1.29 is 9.53 Å². The first kappa shape index (κ1) is 22.7. The van der Waals surface area contributed by atoms with Crippen LogP contribution >= 0.6 is 11.8 Å². The van der Waals surface area contributed by atoms with Crippen molar-refractivity contribution in [1.29, 1.82) is 0 Å². The van der Waals surface area contributed by atoms with Crippen molar-refractivity contribution in [2.45, 2.75) is 61.5 Å². The summed E-state index contributed by atoms with van der Waals surface area (Å²) in [5, 5.41) is 17.3. The molecule has 1 aliphatic heterocycles. The number of aryl methyl sites for hydroxylation is 2. The van der Waals surface area contributed by atoms with E-state index in [1.165, 1.54) is 24.6 Å². The Labute approximate surface area is 202 Å². The fourth-order valence-corrected chi connectivity index (χ4v) is 4.80. The molecule has 1 saturated heterocycles. The van der Waals surface area contributed by atoms with Gasteiger partial charge >= 0.3 is 6.03 Å². The second-order valence-electron chi connectivity index (χ2n) is 8.85. The standard InChI is InChI=1S/C24H29N7O2S/c1-14-11-18(27-23(32)26-17-7-9-33-10-8-17)5-6-20(14)34-24-25-15(2)12-21(29-24)28-22-13-19(30-31-22)16-3-4-16/h5-6,11-13,16-17H,3-4,7-10H2,1-2H3,(H2,26,27,32)(H2,25,28,29,30,31). The summed E-state index contributed by atoms with van der Waals surface area (Å²) < 4.78 is 5.34. The van der Waals surface area contributed by atoms with Gasteiger partial charge in [0.1, 0.15) is 11.6 Å². The van der Waals surface area contributed by atoms with E-state index in [-0.39, 0.29) is 12.1 Å². The minimum Gasteiger partial charge on any atom is -0.381 e. The molecule has 3 heterocycles. The van der Waals surface area contributed by atoms with Crippen LogP contribution in [-0.2, 0) is 4.74 Å². The topological polar surface area (TPSA) is 117 Å². The molecule has 9 nitrogen and oxygen atoms in total. The molecule has 34 heavy (non-hydrogen) atoms. The van der Waals surface area contributed by atoms with Crippen molar-refractivity contribution in [1.82, 2.24) is 25.5 Å². The van der Waals surface area contributed by atoms with Crippen molar-refractivity contribution >= 4 is 35.1 Å². The van der Waals surface area contributed by atoms with Gasteiger partial charge in [-0.05, 0) is 75.1 Å². The van der Waals surface area contributed by atoms with Gasteiger partial charge in [-0.1, -0.05) is 0 Å². The van der Waals surface area contributed by atoms with Crippen LogP contribution in [0.15, 0.2) is 40.4 Å². The van der Waals surface area contributed by atoms with E-state index in [2.05, 4.69) is 42.2 Å². The number of carbonyl (C=O) groups excluding carboxylic acids is 1. The molecular formula is C24H29N7O2S. The highest BCUT2D eigenvalue weighted by molar-refractivity contribution is 7.99. The lowest BCUT2D eigenvalue weighted by molar-refractivity contribution is 0.0806. The Kier molecular flexibility index (Phi) is 6.68. The van der Waals surface area contributed by atoms with E-state index in [1.54, 1.807) is 0 Å². The first-order valence-electron chi connectivity index (χ1n) is 11.6. The van der Waals surface area contributed by atoms with Gasteiger partial charge in [-0.3, -0.25) is 5.10 Å². The second-order valence-corrected chi connectivity index (χ2v) is 9.86. The minimum atomic E-state index is -0.187. The molecular weight excluding hydrogens is 450 g/mol. The molecule has 1 saturated carbocycles. The smallest absolute Gasteiger partial charge is 0.319 e. The molecule has 1 aliphatic carbocycles. The number of carbonyl (C=O) groups is 1. The molecule has 2 aliphatic rings. The summed E-state index contributed by atoms with van der Waals surface area (Å²) >= 11 is 1.50. The van der Waals surface area contributed by atoms with E-state index in [0.717, 1.165) is 52.0 Å². The van der Waals surface area contributed by atoms with Gasteiger partial charge in [0.2, 0.25) is 0 Å². The maximum Gasteiger partial charge on any atom is 0.319 e. The van der Waals surface area contributed by atoms with Gasteiger partial charge in [0.15, 0.2) is 5.16 Å². The highest BCUT2D eigenvalue weighted by atomic mass is 32.2. The van der Waals surface area contributed by atoms with Crippen LogP contribution in [0.25, 0.3) is 0 Å². The van der Waals surface area contributed by atoms with Gasteiger partial charge in [-0.25, -0.2) is 14.8 Å². The number of H-pyrrole nitrogens is 1. The lowest BCUT2D eigenvalue weighted by Gasteiger charge is -2.23. The zero-order valence-electron chi connectivity index (χ0n) is 19.4. The highest BCUT2D eigenvalue weighted by Gasteiger charge is 2.26. The number of hydrogen-bond acceptors (Lipinski definition) is 7. The van der Waals surface area contributed by atoms with E-state index in [0.29, 0.717) is 24.3 Å². The van der Waals surface area contributed by atoms with Gasteiger partial charge in [0.05, 0.1) is 5.69 Å². The second kappa shape index (κ2) is 10.0. The van der Waals surface area contributed by atoms with Gasteiger partial charge in [0, 0.05) is 53.6 Å². The number of ether oxygens (including phenoxy) is 1. The van der Waals surface area contributed by atoms with Crippen LogP contribution in [0, 0.1) is 13.8 Å². The average Bonchev–Trinajstić information content (AvgIpc) is 3.55. The Bertz CT molecular complexity index is 1170. The maximum atomic E-state index is 12.3. The van der Waals surface area contributed by atoms with Crippen LogP contribution in [0.5, 0.6) is 0 Å². The van der Waals surface area contributed by atoms with E-state index in [4.69, 9.17) is 4.74 Å². The van der Waals surface area contributed by atoms with Crippen LogP contribution in [0.1, 0.15) is 48.6 Å². The molecule has 2 aromatic heterocycles. The number of nitrogens with one attached hydrogen (secondary N) is 4. The lowest BCUT2D eigenvalue weighted by Crippen LogP contribution is -2.41. The highest BCUT2D eigenvalue weighted by Crippen LogP contribution is 2.39. The monoisotopic (exact) mass is 479 g/mol. The van der Waals surface area contributed by atoms with Crippen molar-refractivity contribution in [3.8, 4) is 0 Å². The Hall–Kier alpha value is -3.11. The minimum absolute atomic E-state index is 0.160. The molecule has 0 radical (unpaired) electrons. The average molecular weight is 480 g/mol. The molecule has 5 rings (SSSR count). The van der Waals surface area contributed by atoms with Gasteiger partial charge < -0.3 is 20.7 Å². The van der Waals surface area contributed by atoms with Gasteiger partial charge in [0.25, 0.3) is 0 Å². The predicted octanol–water partition coefficient (Wildman–Crippen LogP) is 4.89. The van der Waals surface area contributed by atoms with E-state index >= 15 is 0 Å². The number of nitrogens with zero attached hydrogens (tertiary/aromatic N) is 3. The summed E-state index contributed by atoms with van der Waals surface area (Å²) in [4.78, 5) is 22.6. The van der Waals surface area contributed by atoms with Crippen molar-refractivity contribution in [3.63, 3.8) is 0 Å². The van der Waals surface area contributed by atoms with E-state index in [1.807, 2.05) is 38.1 Å². The normalized spacial score (nSPS) is 16.3. The number of benzene rings is 1. The molecule has 3 aromatic rings. The van der Waals surface area contributed by atoms with Crippen LogP contribution in [0.3, 0.4) is 0 Å². The maximum absolute atomic E-state index is 12.3. The molecule has 2 amide bonds. The number of aromatic amines is 1. The number of hydrogen-bond donors (Lipinski definition) is 4. The predicted molar refractivity (Wildman–Crippen MR) is 132 cm³/mol. The lowest BCUT2D eigenvalue weighted by atomic mass is 10.1. The number of urea groups is 1. The third-order valence-corrected chi connectivity index (χ3v) is 6.92. The van der Waals surface area contributed by atoms with Crippen LogP contribution in [0.2, 0.25) is 0 Å². The zero-order chi connectivity index (χ0) is 23.5. The number of rotatable bonds is 7. The van der Waals surface area contributed by atoms with Crippen LogP contribution in [-0.4, -0.2) is 45.5 Å². The fraction of sp³-hybridized carbons (Fsp3) is 0.417. The Morgan fingerprint density at radius 3 is 2.68 bits per heavy atom. The molecule has 1 aromatic carbocycles. The van der Waals surface area contributed by atoms with Gasteiger partial charge in [-0.15, -0.1) is 0 Å². The van der Waals surface area contributed by atoms with Crippen molar-refractivity contribution in [2.75, 3.05) is 23.8 Å². The number of aromatic nitrogens is 4. The zero-order valence-corrected chi connectivity index (χ0v) is 20.2. The summed E-state index contributed by atoms with van der Waals surface area (Å²) in [5.41, 5.74) is 3.78. The first-order valence-corrected chi connectivity index (χ1v) is 12.5. The first-order chi connectivity index (χ1) is 16.5. The quantitative estimate of drug-likeness (QED) is 0.357. The molecule has 0 bridgehead atoms. The summed E-state index contributed by atoms with van der Waals surface area (Å²) in [6.45, 7) is 5.36. The molecule has 0 unspecified atom stereocenters. The molecule has 178 valence electrons. The number of anilines is 3. The van der Waals surface area contributed by atoms with Gasteiger partial charge in [-0.2, -0.15) is 5.10 Å². The molecule has 4 N–H and O–H groups in total. The Morgan fingerprint density at radius 1 is 1.09 bits per heavy atom. The summed E-state index contributed by atoms with van der Waals surface area (Å²) in [7, 11) is 0. The van der Waals surface area contributed by atoms with Crippen LogP contribution < -0.4 is 16.0 Å². The Balaban J connectivity index is 1.22. The van der Waals surface area contributed by atoms with E-state index < -0.39 is 0 Å². The third kappa shape index (κ3) is 5.87. The van der Waals surface area contributed by atoms with Crippen LogP contribution in [0.4, 0.5) is 22.1 Å². The largest absolute Gasteiger partial charge is 0.381 e. The third-order valence-electron chi connectivity index (χ3n) is 5.88. The summed E-state index contributed by atoms with van der Waals surface area (Å²) in [5.74, 6) is 2.15. The summed E-state index contributed by atoms with van der Waals surface area (Å²) in [6.07, 6.45) is 4.12. The fourth-order valence-electron chi connectivity index (χ4n) is 3.91. The SMILES string of the molecule is Cc1cc(Nc2cc(C3CC3)n[nH]2)nc(Sc2ccc(NC(=O)NC3CCOCC3)cc2C)n1.